The molecule has 45 heavy (non-hydrogen) atoms. The summed E-state index contributed by atoms with van der Waals surface area (Å²) in [6, 6.07) is 11.7. The third kappa shape index (κ3) is 6.52. The van der Waals surface area contributed by atoms with Crippen molar-refractivity contribution in [3.05, 3.63) is 47.0 Å². The van der Waals surface area contributed by atoms with E-state index < -0.39 is 0 Å². The van der Waals surface area contributed by atoms with Gasteiger partial charge in [0.25, 0.3) is 0 Å². The second-order valence-electron chi connectivity index (χ2n) is 12.7. The van der Waals surface area contributed by atoms with E-state index in [2.05, 4.69) is 69.9 Å². The van der Waals surface area contributed by atoms with Crippen molar-refractivity contribution in [1.82, 2.24) is 25.5 Å². The summed E-state index contributed by atoms with van der Waals surface area (Å²) in [5, 5.41) is 12.2. The number of amides is 1. The van der Waals surface area contributed by atoms with E-state index in [0.717, 1.165) is 108 Å². The van der Waals surface area contributed by atoms with Gasteiger partial charge in [0, 0.05) is 93.1 Å². The van der Waals surface area contributed by atoms with Gasteiger partial charge in [-0.15, -0.1) is 22.7 Å². The van der Waals surface area contributed by atoms with E-state index in [1.165, 1.54) is 10.4 Å². The molecule has 5 heterocycles. The molecule has 9 nitrogen and oxygen atoms in total. The molecule has 1 amide bonds. The van der Waals surface area contributed by atoms with Crippen molar-refractivity contribution in [2.45, 2.75) is 51.7 Å². The molecule has 7 rings (SSSR count). The molecule has 4 aromatic rings. The number of aromatic nitrogens is 2. The van der Waals surface area contributed by atoms with Gasteiger partial charge in [0.1, 0.15) is 15.8 Å². The minimum absolute atomic E-state index is 0.0358. The third-order valence-corrected chi connectivity index (χ3v) is 11.6. The molecule has 1 aliphatic carbocycles. The number of nitrogens with zero attached hydrogens (tertiary/aromatic N) is 4. The van der Waals surface area contributed by atoms with Crippen LogP contribution in [-0.2, 0) is 22.5 Å². The lowest BCUT2D eigenvalue weighted by Crippen LogP contribution is -2.46. The standard InChI is InChI=1S/C34H43N7O2S2/c1-21(2)41-12-8-26-29(20-41)45-34(39-32(42)24-16-25(17-24)36-11-15-43-3)31(26)33-38-27-6-4-22(18-28(27)44-33)23-5-7-30(37-19-23)40-13-9-35-10-14-40/h4-7,18-19,21,24-25,35-36H,8-17,20H2,1-3H3,(H,39,42). The summed E-state index contributed by atoms with van der Waals surface area (Å²) >= 11 is 3.47. The number of methoxy groups -OCH3 is 1. The number of carbonyl (C=O) groups is 1. The first kappa shape index (κ1) is 30.7. The van der Waals surface area contributed by atoms with Crippen molar-refractivity contribution >= 4 is 49.6 Å². The van der Waals surface area contributed by atoms with E-state index in [1.807, 2.05) is 6.20 Å². The van der Waals surface area contributed by atoms with Crippen molar-refractivity contribution in [3.63, 3.8) is 0 Å². The highest BCUT2D eigenvalue weighted by atomic mass is 32.1. The summed E-state index contributed by atoms with van der Waals surface area (Å²) < 4.78 is 6.30. The van der Waals surface area contributed by atoms with Crippen molar-refractivity contribution in [2.75, 3.05) is 63.2 Å². The summed E-state index contributed by atoms with van der Waals surface area (Å²) in [5.41, 5.74) is 5.72. The molecule has 0 radical (unpaired) electrons. The van der Waals surface area contributed by atoms with Gasteiger partial charge in [0.05, 0.1) is 16.8 Å². The molecule has 0 atom stereocenters. The topological polar surface area (TPSA) is 94.6 Å². The summed E-state index contributed by atoms with van der Waals surface area (Å²) in [5.74, 6) is 1.20. The number of anilines is 2. The number of carbonyl (C=O) groups excluding carboxylic acids is 1. The molecule has 238 valence electrons. The highest BCUT2D eigenvalue weighted by Crippen LogP contribution is 2.46. The molecule has 3 N–H and O–H groups in total. The van der Waals surface area contributed by atoms with Crippen LogP contribution < -0.4 is 20.9 Å². The summed E-state index contributed by atoms with van der Waals surface area (Å²) in [6.07, 6.45) is 4.69. The molecule has 3 aromatic heterocycles. The Bertz CT molecular complexity index is 1640. The normalized spacial score (nSPS) is 20.4. The van der Waals surface area contributed by atoms with Gasteiger partial charge in [-0.1, -0.05) is 6.07 Å². The molecule has 2 fully saturated rings. The Labute approximate surface area is 273 Å². The van der Waals surface area contributed by atoms with Gasteiger partial charge in [-0.2, -0.15) is 0 Å². The maximum Gasteiger partial charge on any atom is 0.228 e. The van der Waals surface area contributed by atoms with Crippen LogP contribution in [0.25, 0.3) is 31.9 Å². The highest BCUT2D eigenvalue weighted by Gasteiger charge is 2.36. The lowest BCUT2D eigenvalue weighted by atomic mass is 9.79. The van der Waals surface area contributed by atoms with Crippen molar-refractivity contribution in [2.24, 2.45) is 5.92 Å². The Balaban J connectivity index is 1.14. The Hall–Kier alpha value is -2.93. The molecule has 11 heteroatoms. The van der Waals surface area contributed by atoms with Crippen molar-refractivity contribution in [3.8, 4) is 21.7 Å². The van der Waals surface area contributed by atoms with Gasteiger partial charge in [0.2, 0.25) is 5.91 Å². The highest BCUT2D eigenvalue weighted by molar-refractivity contribution is 7.23. The molecule has 1 saturated carbocycles. The quantitative estimate of drug-likeness (QED) is 0.202. The number of benzene rings is 1. The van der Waals surface area contributed by atoms with Crippen molar-refractivity contribution in [1.29, 1.82) is 0 Å². The fourth-order valence-electron chi connectivity index (χ4n) is 6.60. The molecule has 1 aromatic carbocycles. The fourth-order valence-corrected chi connectivity index (χ4v) is 9.03. The Morgan fingerprint density at radius 3 is 2.69 bits per heavy atom. The maximum atomic E-state index is 13.4. The number of hydrogen-bond acceptors (Lipinski definition) is 10. The zero-order valence-corrected chi connectivity index (χ0v) is 28.0. The van der Waals surface area contributed by atoms with Crippen LogP contribution in [0.2, 0.25) is 0 Å². The first-order chi connectivity index (χ1) is 22.0. The average Bonchev–Trinajstić information content (AvgIpc) is 3.62. The number of thiophene rings is 1. The number of thiazole rings is 1. The lowest BCUT2D eigenvalue weighted by molar-refractivity contribution is -0.122. The summed E-state index contributed by atoms with van der Waals surface area (Å²) in [6.45, 7) is 11.9. The molecule has 0 bridgehead atoms. The Kier molecular flexibility index (Phi) is 9.17. The van der Waals surface area contributed by atoms with Crippen LogP contribution in [0, 0.1) is 5.92 Å². The number of pyridine rings is 1. The van der Waals surface area contributed by atoms with E-state index in [9.17, 15) is 4.79 Å². The number of ether oxygens (including phenoxy) is 1. The van der Waals surface area contributed by atoms with E-state index in [0.29, 0.717) is 18.7 Å². The van der Waals surface area contributed by atoms with E-state index >= 15 is 0 Å². The van der Waals surface area contributed by atoms with Gasteiger partial charge in [0.15, 0.2) is 0 Å². The SMILES string of the molecule is COCCNC1CC(C(=O)Nc2sc3c(c2-c2nc4ccc(-c5ccc(N6CCNCC6)nc5)cc4s2)CCN(C(C)C)C3)C1. The van der Waals surface area contributed by atoms with Crippen LogP contribution >= 0.6 is 22.7 Å². The molecular weight excluding hydrogens is 603 g/mol. The number of nitrogens with one attached hydrogen (secondary N) is 3. The average molecular weight is 646 g/mol. The zero-order valence-electron chi connectivity index (χ0n) is 26.4. The predicted molar refractivity (Wildman–Crippen MR) is 186 cm³/mol. The number of hydrogen-bond donors (Lipinski definition) is 3. The summed E-state index contributed by atoms with van der Waals surface area (Å²) in [4.78, 5) is 29.6. The van der Waals surface area contributed by atoms with E-state index in [-0.39, 0.29) is 11.8 Å². The maximum absolute atomic E-state index is 13.4. The number of rotatable bonds is 10. The molecule has 0 spiro atoms. The number of fused-ring (bicyclic) bond motifs is 2. The molecule has 2 aliphatic heterocycles. The molecule has 1 saturated heterocycles. The lowest BCUT2D eigenvalue weighted by Gasteiger charge is -2.34. The largest absolute Gasteiger partial charge is 0.383 e. The number of piperazine rings is 1. The van der Waals surface area contributed by atoms with Crippen LogP contribution in [0.3, 0.4) is 0 Å². The van der Waals surface area contributed by atoms with E-state index in [4.69, 9.17) is 14.7 Å². The van der Waals surface area contributed by atoms with Crippen LogP contribution in [0.4, 0.5) is 10.8 Å². The smallest absolute Gasteiger partial charge is 0.228 e. The van der Waals surface area contributed by atoms with Gasteiger partial charge >= 0.3 is 0 Å². The third-order valence-electron chi connectivity index (χ3n) is 9.43. The van der Waals surface area contributed by atoms with Gasteiger partial charge in [-0.3, -0.25) is 9.69 Å². The fraction of sp³-hybridized carbons (Fsp3) is 0.500. The van der Waals surface area contributed by atoms with E-state index in [1.54, 1.807) is 29.8 Å². The molecule has 3 aliphatic rings. The second-order valence-corrected chi connectivity index (χ2v) is 14.8. The molecule has 0 unspecified atom stereocenters. The van der Waals surface area contributed by atoms with Gasteiger partial charge < -0.3 is 25.6 Å². The summed E-state index contributed by atoms with van der Waals surface area (Å²) in [7, 11) is 1.71. The van der Waals surface area contributed by atoms with Gasteiger partial charge in [-0.25, -0.2) is 9.97 Å². The van der Waals surface area contributed by atoms with Crippen LogP contribution in [0.1, 0.15) is 37.1 Å². The second kappa shape index (κ2) is 13.4. The minimum atomic E-state index is 0.0358. The zero-order chi connectivity index (χ0) is 30.9. The van der Waals surface area contributed by atoms with Crippen LogP contribution in [0.5, 0.6) is 0 Å². The first-order valence-corrected chi connectivity index (χ1v) is 17.8. The van der Waals surface area contributed by atoms with Crippen LogP contribution in [-0.4, -0.2) is 85.8 Å². The molecular formula is C34H43N7O2S2. The van der Waals surface area contributed by atoms with Gasteiger partial charge in [-0.05, 0) is 68.5 Å². The predicted octanol–water partition coefficient (Wildman–Crippen LogP) is 5.22. The van der Waals surface area contributed by atoms with Crippen molar-refractivity contribution < 1.29 is 9.53 Å². The van der Waals surface area contributed by atoms with Crippen LogP contribution in [0.15, 0.2) is 36.5 Å². The monoisotopic (exact) mass is 645 g/mol. The minimum Gasteiger partial charge on any atom is -0.383 e. The Morgan fingerprint density at radius 2 is 1.93 bits per heavy atom. The first-order valence-electron chi connectivity index (χ1n) is 16.2. The Morgan fingerprint density at radius 1 is 1.11 bits per heavy atom.